The molecule has 0 bridgehead atoms. The van der Waals surface area contributed by atoms with E-state index in [0.717, 1.165) is 30.7 Å². The van der Waals surface area contributed by atoms with E-state index in [4.69, 9.17) is 0 Å². The third-order valence-electron chi connectivity index (χ3n) is 4.64. The molecule has 1 aliphatic heterocycles. The van der Waals surface area contributed by atoms with Crippen LogP contribution in [0.15, 0.2) is 46.0 Å². The van der Waals surface area contributed by atoms with Crippen molar-refractivity contribution in [2.75, 3.05) is 32.0 Å². The number of nitrogens with one attached hydrogen (secondary N) is 2. The zero-order valence-corrected chi connectivity index (χ0v) is 17.1. The first kappa shape index (κ1) is 20.0. The third-order valence-corrected chi connectivity index (χ3v) is 7.28. The highest BCUT2D eigenvalue weighted by Gasteiger charge is 2.25. The van der Waals surface area contributed by atoms with Gasteiger partial charge in [-0.15, -0.1) is 0 Å². The first-order valence-corrected chi connectivity index (χ1v) is 11.6. The Kier molecular flexibility index (Phi) is 6.64. The van der Waals surface area contributed by atoms with Gasteiger partial charge in [-0.25, -0.2) is 8.42 Å². The van der Waals surface area contributed by atoms with Crippen molar-refractivity contribution in [1.29, 1.82) is 0 Å². The van der Waals surface area contributed by atoms with Gasteiger partial charge >= 0.3 is 0 Å². The minimum atomic E-state index is -3.44. The highest BCUT2D eigenvalue weighted by Crippen LogP contribution is 2.21. The lowest BCUT2D eigenvalue weighted by Gasteiger charge is -2.25. The van der Waals surface area contributed by atoms with E-state index in [2.05, 4.69) is 16.8 Å². The molecule has 1 unspecified atom stereocenters. The quantitative estimate of drug-likeness (QED) is 0.731. The maximum absolute atomic E-state index is 12.7. The second-order valence-electron chi connectivity index (χ2n) is 6.98. The smallest absolute Gasteiger partial charge is 0.279 e. The number of nitrogens with zero attached hydrogens (tertiary/aromatic N) is 1. The molecule has 146 valence electrons. The Morgan fingerprint density at radius 2 is 1.85 bits per heavy atom. The molecule has 3 rings (SSSR count). The molecule has 1 aromatic heterocycles. The van der Waals surface area contributed by atoms with Gasteiger partial charge in [-0.1, -0.05) is 6.42 Å². The summed E-state index contributed by atoms with van der Waals surface area (Å²) >= 11 is 1.65. The van der Waals surface area contributed by atoms with Gasteiger partial charge in [-0.05, 0) is 53.9 Å². The van der Waals surface area contributed by atoms with Crippen LogP contribution >= 0.6 is 11.3 Å². The minimum absolute atomic E-state index is 0.0885. The first-order chi connectivity index (χ1) is 12.9. The summed E-state index contributed by atoms with van der Waals surface area (Å²) in [5.74, 6) is -0.0885. The summed E-state index contributed by atoms with van der Waals surface area (Å²) in [5, 5.41) is 6.96. The number of sulfonamides is 1. The van der Waals surface area contributed by atoms with Crippen LogP contribution in [0.1, 0.15) is 24.8 Å². The molecule has 2 aromatic rings. The highest BCUT2D eigenvalue weighted by molar-refractivity contribution is 7.89. The molecule has 6 nitrogen and oxygen atoms in total. The molecule has 1 atom stereocenters. The van der Waals surface area contributed by atoms with Gasteiger partial charge in [0.15, 0.2) is 6.54 Å². The fourth-order valence-electron chi connectivity index (χ4n) is 3.25. The van der Waals surface area contributed by atoms with Crippen molar-refractivity contribution in [2.45, 2.75) is 30.7 Å². The number of anilines is 1. The predicted octanol–water partition coefficient (Wildman–Crippen LogP) is 1.58. The molecule has 1 aromatic carbocycles. The van der Waals surface area contributed by atoms with Crippen LogP contribution in [0.5, 0.6) is 0 Å². The van der Waals surface area contributed by atoms with E-state index in [-0.39, 0.29) is 10.8 Å². The summed E-state index contributed by atoms with van der Waals surface area (Å²) in [6, 6.07) is 8.52. The Hall–Kier alpha value is -1.74. The fourth-order valence-corrected chi connectivity index (χ4v) is 5.43. The fraction of sp³-hybridized carbons (Fsp3) is 0.421. The van der Waals surface area contributed by atoms with E-state index >= 15 is 0 Å². The van der Waals surface area contributed by atoms with Crippen molar-refractivity contribution in [2.24, 2.45) is 0 Å². The van der Waals surface area contributed by atoms with Gasteiger partial charge < -0.3 is 10.2 Å². The number of rotatable bonds is 7. The average Bonchev–Trinajstić information content (AvgIpc) is 3.15. The van der Waals surface area contributed by atoms with E-state index in [1.807, 2.05) is 12.4 Å². The number of amides is 1. The normalized spacial score (nSPS) is 16.8. The van der Waals surface area contributed by atoms with Crippen molar-refractivity contribution in [3.63, 3.8) is 0 Å². The predicted molar refractivity (Wildman–Crippen MR) is 107 cm³/mol. The number of piperidine rings is 1. The second kappa shape index (κ2) is 8.97. The van der Waals surface area contributed by atoms with Crippen LogP contribution in [0, 0.1) is 0 Å². The molecule has 2 N–H and O–H groups in total. The van der Waals surface area contributed by atoms with Crippen molar-refractivity contribution >= 4 is 33.0 Å². The maximum atomic E-state index is 12.7. The number of likely N-dealkylation sites (N-methyl/N-ethyl adjacent to an activating group) is 1. The Morgan fingerprint density at radius 1 is 1.15 bits per heavy atom. The van der Waals surface area contributed by atoms with E-state index in [9.17, 15) is 13.2 Å². The standard InChI is InChI=1S/C19H25N3O3S2/c1-21(13-16-9-12-26-15-16)14-19(23)20-17-5-7-18(8-6-17)27(24,25)22-10-3-2-4-11-22/h5-9,12,15H,2-4,10-11,13-14H2,1H3,(H,20,23)/p+1. The SMILES string of the molecule is C[NH+](CC(=O)Nc1ccc(S(=O)(=O)N2CCCCC2)cc1)Cc1ccsc1. The summed E-state index contributed by atoms with van der Waals surface area (Å²) in [4.78, 5) is 13.6. The van der Waals surface area contributed by atoms with E-state index in [1.165, 1.54) is 5.56 Å². The van der Waals surface area contributed by atoms with Crippen LogP contribution < -0.4 is 10.2 Å². The summed E-state index contributed by atoms with van der Waals surface area (Å²) < 4.78 is 26.9. The van der Waals surface area contributed by atoms with Crippen LogP contribution in [0.25, 0.3) is 0 Å². The summed E-state index contributed by atoms with van der Waals surface area (Å²) in [7, 11) is -1.46. The molecule has 0 radical (unpaired) electrons. The summed E-state index contributed by atoms with van der Waals surface area (Å²) in [6.07, 6.45) is 2.91. The van der Waals surface area contributed by atoms with Gasteiger partial charge in [0.1, 0.15) is 6.54 Å². The van der Waals surface area contributed by atoms with Gasteiger partial charge in [0, 0.05) is 24.3 Å². The van der Waals surface area contributed by atoms with Crippen LogP contribution in [0.2, 0.25) is 0 Å². The van der Waals surface area contributed by atoms with Crippen molar-refractivity contribution in [3.05, 3.63) is 46.7 Å². The summed E-state index contributed by atoms with van der Waals surface area (Å²) in [5.41, 5.74) is 1.83. The molecule has 0 aliphatic carbocycles. The molecule has 0 saturated carbocycles. The van der Waals surface area contributed by atoms with Crippen molar-refractivity contribution < 1.29 is 18.1 Å². The third kappa shape index (κ3) is 5.38. The van der Waals surface area contributed by atoms with Gasteiger partial charge in [0.25, 0.3) is 5.91 Å². The van der Waals surface area contributed by atoms with Crippen LogP contribution in [0.4, 0.5) is 5.69 Å². The molecule has 2 heterocycles. The number of hydrogen-bond donors (Lipinski definition) is 2. The Balaban J connectivity index is 1.56. The maximum Gasteiger partial charge on any atom is 0.279 e. The van der Waals surface area contributed by atoms with Gasteiger partial charge in [0.05, 0.1) is 11.9 Å². The lowest BCUT2D eigenvalue weighted by atomic mass is 10.2. The number of thiophene rings is 1. The number of quaternary nitrogens is 1. The Bertz CT molecular complexity index is 843. The number of carbonyl (C=O) groups excluding carboxylic acids is 1. The number of hydrogen-bond acceptors (Lipinski definition) is 4. The molecule has 1 fully saturated rings. The largest absolute Gasteiger partial charge is 0.326 e. The van der Waals surface area contributed by atoms with E-state index in [1.54, 1.807) is 39.9 Å². The monoisotopic (exact) mass is 408 g/mol. The Labute approximate surface area is 164 Å². The minimum Gasteiger partial charge on any atom is -0.326 e. The zero-order valence-electron chi connectivity index (χ0n) is 15.5. The summed E-state index contributed by atoms with van der Waals surface area (Å²) in [6.45, 7) is 2.31. The molecular formula is C19H26N3O3S2+. The molecule has 1 amide bonds. The van der Waals surface area contributed by atoms with Crippen molar-refractivity contribution in [1.82, 2.24) is 4.31 Å². The number of carbonyl (C=O) groups is 1. The molecule has 1 saturated heterocycles. The average molecular weight is 409 g/mol. The lowest BCUT2D eigenvalue weighted by molar-refractivity contribution is -0.885. The highest BCUT2D eigenvalue weighted by atomic mass is 32.2. The first-order valence-electron chi connectivity index (χ1n) is 9.17. The van der Waals surface area contributed by atoms with E-state index < -0.39 is 10.0 Å². The lowest BCUT2D eigenvalue weighted by Crippen LogP contribution is -3.08. The van der Waals surface area contributed by atoms with Gasteiger partial charge in [0.2, 0.25) is 10.0 Å². The zero-order chi connectivity index (χ0) is 19.3. The Morgan fingerprint density at radius 3 is 2.48 bits per heavy atom. The number of benzene rings is 1. The molecule has 0 spiro atoms. The van der Waals surface area contributed by atoms with Crippen LogP contribution in [-0.2, 0) is 21.4 Å². The topological polar surface area (TPSA) is 70.9 Å². The van der Waals surface area contributed by atoms with Gasteiger partial charge in [-0.3, -0.25) is 4.79 Å². The van der Waals surface area contributed by atoms with Crippen LogP contribution in [-0.4, -0.2) is 45.3 Å². The molecule has 8 heteroatoms. The molecule has 27 heavy (non-hydrogen) atoms. The van der Waals surface area contributed by atoms with Crippen molar-refractivity contribution in [3.8, 4) is 0 Å². The molecule has 1 aliphatic rings. The van der Waals surface area contributed by atoms with Gasteiger partial charge in [-0.2, -0.15) is 15.6 Å². The molecular weight excluding hydrogens is 382 g/mol. The second-order valence-corrected chi connectivity index (χ2v) is 9.70. The van der Waals surface area contributed by atoms with Crippen LogP contribution in [0.3, 0.4) is 0 Å². The van der Waals surface area contributed by atoms with E-state index in [0.29, 0.717) is 25.3 Å².